The fourth-order valence-electron chi connectivity index (χ4n) is 3.81. The minimum atomic E-state index is -4.41. The van der Waals surface area contributed by atoms with Crippen LogP contribution in [0.1, 0.15) is 28.6 Å². The summed E-state index contributed by atoms with van der Waals surface area (Å²) < 4.78 is 43.7. The summed E-state index contributed by atoms with van der Waals surface area (Å²) in [5.41, 5.74) is 3.08. The van der Waals surface area contributed by atoms with Crippen LogP contribution in [0, 0.1) is 6.92 Å². The Balaban J connectivity index is 1.91. The van der Waals surface area contributed by atoms with Gasteiger partial charge in [0.1, 0.15) is 0 Å². The maximum absolute atomic E-state index is 14.0. The first kappa shape index (κ1) is 16.9. The average Bonchev–Trinajstić information content (AvgIpc) is 2.94. The Hall–Kier alpha value is -2.54. The molecule has 0 bridgehead atoms. The third-order valence-corrected chi connectivity index (χ3v) is 4.98. The first-order valence-electron chi connectivity index (χ1n) is 8.40. The Morgan fingerprint density at radius 3 is 2.69 bits per heavy atom. The molecule has 1 atom stereocenters. The molecule has 1 aliphatic heterocycles. The number of alkyl halides is 3. The summed E-state index contributed by atoms with van der Waals surface area (Å²) in [6.45, 7) is 1.78. The molecule has 0 saturated carbocycles. The first-order valence-corrected chi connectivity index (χ1v) is 8.40. The second-order valence-electron chi connectivity index (χ2n) is 6.48. The summed E-state index contributed by atoms with van der Waals surface area (Å²) in [7, 11) is 0. The van der Waals surface area contributed by atoms with Gasteiger partial charge in [0.25, 0.3) is 0 Å². The molecular weight excluding hydrogens is 343 g/mol. The fourth-order valence-corrected chi connectivity index (χ4v) is 3.81. The second-order valence-corrected chi connectivity index (χ2v) is 6.48. The van der Waals surface area contributed by atoms with Gasteiger partial charge in [-0.15, -0.1) is 0 Å². The molecule has 7 heteroatoms. The van der Waals surface area contributed by atoms with Gasteiger partial charge in [0, 0.05) is 12.7 Å². The number of benzene rings is 1. The molecule has 2 aromatic heterocycles. The molecule has 4 nitrogen and oxygen atoms in total. The molecule has 1 aromatic carbocycles. The highest BCUT2D eigenvalue weighted by Gasteiger charge is 2.47. The predicted molar refractivity (Wildman–Crippen MR) is 92.1 cm³/mol. The van der Waals surface area contributed by atoms with E-state index in [9.17, 15) is 18.3 Å². The monoisotopic (exact) mass is 361 g/mol. The van der Waals surface area contributed by atoms with Crippen molar-refractivity contribution in [2.24, 2.45) is 0 Å². The number of imidazole rings is 1. The van der Waals surface area contributed by atoms with Crippen molar-refractivity contribution in [3.8, 4) is 0 Å². The smallest absolute Gasteiger partial charge is 0.390 e. The normalized spacial score (nSPS) is 17.6. The van der Waals surface area contributed by atoms with Crippen LogP contribution in [0.3, 0.4) is 0 Å². The number of fused-ring (bicyclic) bond motifs is 2. The number of hydrogen-bond donors (Lipinski definition) is 1. The highest BCUT2D eigenvalue weighted by Crippen LogP contribution is 2.44. The number of aromatic nitrogens is 2. The van der Waals surface area contributed by atoms with E-state index in [-0.39, 0.29) is 13.2 Å². The van der Waals surface area contributed by atoms with Crippen LogP contribution < -0.4 is 4.90 Å². The van der Waals surface area contributed by atoms with E-state index >= 15 is 0 Å². The summed E-state index contributed by atoms with van der Waals surface area (Å²) in [6, 6.07) is 8.37. The van der Waals surface area contributed by atoms with Gasteiger partial charge in [-0.25, -0.2) is 4.98 Å². The number of aryl methyl sites for hydroxylation is 1. The van der Waals surface area contributed by atoms with Crippen molar-refractivity contribution in [2.45, 2.75) is 32.2 Å². The Bertz CT molecular complexity index is 964. The molecule has 3 aromatic rings. The van der Waals surface area contributed by atoms with Crippen LogP contribution in [0.2, 0.25) is 0 Å². The second kappa shape index (κ2) is 6.02. The predicted octanol–water partition coefficient (Wildman–Crippen LogP) is 3.80. The molecule has 1 aliphatic rings. The number of halogens is 3. The largest absolute Gasteiger partial charge is 0.413 e. The zero-order chi connectivity index (χ0) is 18.5. The number of rotatable bonds is 2. The molecule has 1 N–H and O–H groups in total. The van der Waals surface area contributed by atoms with E-state index in [0.717, 1.165) is 5.56 Å². The van der Waals surface area contributed by atoms with Gasteiger partial charge in [-0.2, -0.15) is 13.2 Å². The number of anilines is 1. The number of aliphatic hydroxyl groups excluding tert-OH is 1. The fraction of sp³-hybridized carbons (Fsp3) is 0.316. The van der Waals surface area contributed by atoms with Crippen molar-refractivity contribution in [1.82, 2.24) is 9.38 Å². The molecule has 3 heterocycles. The summed E-state index contributed by atoms with van der Waals surface area (Å²) in [6.07, 6.45) is -2.16. The molecule has 1 unspecified atom stereocenters. The summed E-state index contributed by atoms with van der Waals surface area (Å²) in [4.78, 5) is 5.81. The van der Waals surface area contributed by atoms with Crippen LogP contribution >= 0.6 is 0 Å². The van der Waals surface area contributed by atoms with E-state index in [2.05, 4.69) is 4.98 Å². The zero-order valence-electron chi connectivity index (χ0n) is 14.2. The maximum atomic E-state index is 14.0. The van der Waals surface area contributed by atoms with Gasteiger partial charge in [0.05, 0.1) is 23.7 Å². The topological polar surface area (TPSA) is 40.8 Å². The van der Waals surface area contributed by atoms with Crippen molar-refractivity contribution in [3.05, 3.63) is 65.1 Å². The minimum absolute atomic E-state index is 0.220. The Kier molecular flexibility index (Phi) is 3.91. The minimum Gasteiger partial charge on any atom is -0.390 e. The van der Waals surface area contributed by atoms with Gasteiger partial charge in [-0.3, -0.25) is 4.40 Å². The van der Waals surface area contributed by atoms with Gasteiger partial charge < -0.3 is 10.0 Å². The molecule has 26 heavy (non-hydrogen) atoms. The van der Waals surface area contributed by atoms with Crippen LogP contribution in [0.5, 0.6) is 0 Å². The van der Waals surface area contributed by atoms with E-state index in [1.807, 2.05) is 0 Å². The Labute approximate surface area is 148 Å². The lowest BCUT2D eigenvalue weighted by atomic mass is 9.91. The molecule has 0 radical (unpaired) electrons. The zero-order valence-corrected chi connectivity index (χ0v) is 14.2. The van der Waals surface area contributed by atoms with Crippen LogP contribution in [-0.4, -0.2) is 27.2 Å². The van der Waals surface area contributed by atoms with Crippen molar-refractivity contribution in [2.75, 3.05) is 11.4 Å². The molecule has 0 amide bonds. The lowest BCUT2D eigenvalue weighted by Gasteiger charge is -2.39. The van der Waals surface area contributed by atoms with Gasteiger partial charge in [0.2, 0.25) is 0 Å². The van der Waals surface area contributed by atoms with Crippen LogP contribution in [-0.2, 0) is 13.0 Å². The van der Waals surface area contributed by atoms with Crippen molar-refractivity contribution in [1.29, 1.82) is 0 Å². The molecular formula is C19H18F3N3O. The molecule has 4 rings (SSSR count). The quantitative estimate of drug-likeness (QED) is 0.755. The van der Waals surface area contributed by atoms with Crippen molar-refractivity contribution >= 4 is 11.3 Å². The third-order valence-electron chi connectivity index (χ3n) is 4.98. The first-order chi connectivity index (χ1) is 12.4. The lowest BCUT2D eigenvalue weighted by molar-refractivity contribution is -0.151. The van der Waals surface area contributed by atoms with Crippen molar-refractivity contribution in [3.63, 3.8) is 0 Å². The summed E-state index contributed by atoms with van der Waals surface area (Å²) in [5.74, 6) is 0. The number of nitrogens with zero attached hydrogens (tertiary/aromatic N) is 3. The highest BCUT2D eigenvalue weighted by atomic mass is 19.4. The molecule has 136 valence electrons. The Morgan fingerprint density at radius 2 is 1.96 bits per heavy atom. The maximum Gasteiger partial charge on any atom is 0.413 e. The van der Waals surface area contributed by atoms with Gasteiger partial charge in [-0.05, 0) is 36.6 Å². The van der Waals surface area contributed by atoms with E-state index < -0.39 is 12.2 Å². The van der Waals surface area contributed by atoms with E-state index in [1.54, 1.807) is 53.9 Å². The summed E-state index contributed by atoms with van der Waals surface area (Å²) >= 11 is 0. The standard InChI is InChI=1S/C19H18F3N3O/c1-12-16(11-26)25-9-4-7-15(18(25)23-12)24-10-8-13-5-2-3-6-14(13)17(24)19(20,21)22/h2-7,9,17,26H,8,10-11H2,1H3. The Morgan fingerprint density at radius 1 is 1.19 bits per heavy atom. The molecule has 0 fully saturated rings. The van der Waals surface area contributed by atoms with Crippen LogP contribution in [0.25, 0.3) is 5.65 Å². The van der Waals surface area contributed by atoms with E-state index in [0.29, 0.717) is 34.7 Å². The van der Waals surface area contributed by atoms with E-state index in [4.69, 9.17) is 0 Å². The molecule has 0 saturated heterocycles. The number of pyridine rings is 1. The highest BCUT2D eigenvalue weighted by molar-refractivity contribution is 5.71. The van der Waals surface area contributed by atoms with Crippen LogP contribution in [0.4, 0.5) is 18.9 Å². The van der Waals surface area contributed by atoms with Crippen molar-refractivity contribution < 1.29 is 18.3 Å². The molecule has 0 spiro atoms. The van der Waals surface area contributed by atoms with E-state index in [1.165, 1.54) is 4.90 Å². The van der Waals surface area contributed by atoms with Gasteiger partial charge in [-0.1, -0.05) is 24.3 Å². The third kappa shape index (κ3) is 2.54. The lowest BCUT2D eigenvalue weighted by Crippen LogP contribution is -2.43. The molecule has 0 aliphatic carbocycles. The number of hydrogen-bond acceptors (Lipinski definition) is 3. The SMILES string of the molecule is Cc1nc2c(N3CCc4ccccc4C3C(F)(F)F)cccn2c1CO. The van der Waals surface area contributed by atoms with Gasteiger partial charge in [0.15, 0.2) is 11.7 Å². The van der Waals surface area contributed by atoms with Gasteiger partial charge >= 0.3 is 6.18 Å². The average molecular weight is 361 g/mol. The summed E-state index contributed by atoms with van der Waals surface area (Å²) in [5, 5.41) is 9.56. The number of aliphatic hydroxyl groups is 1. The van der Waals surface area contributed by atoms with Crippen LogP contribution in [0.15, 0.2) is 42.6 Å².